The zero-order chi connectivity index (χ0) is 20.5. The monoisotopic (exact) mass is 396 g/mol. The van der Waals surface area contributed by atoms with Crippen molar-refractivity contribution in [2.24, 2.45) is 5.73 Å². The predicted octanol–water partition coefficient (Wildman–Crippen LogP) is 1.76. The molecule has 1 aliphatic rings. The number of hydrogen-bond donors (Lipinski definition) is 2. The Kier molecular flexibility index (Phi) is 5.21. The molecule has 4 heterocycles. The van der Waals surface area contributed by atoms with Gasteiger partial charge in [-0.1, -0.05) is 0 Å². The number of aromatic nitrogens is 3. The average Bonchev–Trinajstić information content (AvgIpc) is 3.07. The lowest BCUT2D eigenvalue weighted by atomic mass is 9.92. The quantitative estimate of drug-likeness (QED) is 0.680. The predicted molar refractivity (Wildman–Crippen MR) is 107 cm³/mol. The van der Waals surface area contributed by atoms with Gasteiger partial charge in [0.1, 0.15) is 5.52 Å². The van der Waals surface area contributed by atoms with Gasteiger partial charge in [0.05, 0.1) is 30.9 Å². The van der Waals surface area contributed by atoms with E-state index >= 15 is 0 Å². The molecule has 2 unspecified atom stereocenters. The van der Waals surface area contributed by atoms with E-state index in [1.807, 2.05) is 29.7 Å². The van der Waals surface area contributed by atoms with Gasteiger partial charge in [-0.15, -0.1) is 0 Å². The number of methoxy groups -OCH3 is 1. The fourth-order valence-electron chi connectivity index (χ4n) is 3.94. The number of amides is 1. The number of ether oxygens (including phenoxy) is 2. The van der Waals surface area contributed by atoms with Crippen LogP contribution in [0.25, 0.3) is 11.0 Å². The summed E-state index contributed by atoms with van der Waals surface area (Å²) in [6.07, 6.45) is 3.49. The van der Waals surface area contributed by atoms with E-state index in [2.05, 4.69) is 4.98 Å². The van der Waals surface area contributed by atoms with Crippen LogP contribution < -0.4 is 10.5 Å². The second-order valence-electron chi connectivity index (χ2n) is 7.34. The summed E-state index contributed by atoms with van der Waals surface area (Å²) in [6, 6.07) is 5.73. The van der Waals surface area contributed by atoms with Crippen LogP contribution in [0.15, 0.2) is 30.6 Å². The minimum atomic E-state index is -0.614. The minimum Gasteiger partial charge on any atom is -0.481 e. The molecule has 0 radical (unpaired) electrons. The summed E-state index contributed by atoms with van der Waals surface area (Å²) in [6.45, 7) is 3.36. The van der Waals surface area contributed by atoms with Crippen LogP contribution in [0.5, 0.6) is 5.88 Å². The summed E-state index contributed by atoms with van der Waals surface area (Å²) in [5, 5.41) is 10.3. The molecule has 0 saturated carbocycles. The lowest BCUT2D eigenvalue weighted by Gasteiger charge is -2.27. The Morgan fingerprint density at radius 1 is 1.45 bits per heavy atom. The number of primary amides is 1. The number of aliphatic hydroxyl groups excluding tert-OH is 1. The van der Waals surface area contributed by atoms with Crippen molar-refractivity contribution in [1.29, 1.82) is 0 Å². The van der Waals surface area contributed by atoms with Gasteiger partial charge in [-0.2, -0.15) is 0 Å². The lowest BCUT2D eigenvalue weighted by molar-refractivity contribution is -0.0213. The Bertz CT molecular complexity index is 1060. The van der Waals surface area contributed by atoms with Crippen molar-refractivity contribution in [1.82, 2.24) is 14.5 Å². The van der Waals surface area contributed by atoms with Crippen LogP contribution in [0.1, 0.15) is 39.5 Å². The molecule has 2 atom stereocenters. The Balaban J connectivity index is 1.81. The van der Waals surface area contributed by atoms with E-state index in [9.17, 15) is 9.90 Å². The molecule has 4 rings (SSSR count). The fraction of sp³-hybridized carbons (Fsp3) is 0.381. The molecule has 0 aromatic carbocycles. The topological polar surface area (TPSA) is 112 Å². The second kappa shape index (κ2) is 7.81. The largest absolute Gasteiger partial charge is 0.481 e. The molecule has 3 aromatic heterocycles. The van der Waals surface area contributed by atoms with Gasteiger partial charge in [0, 0.05) is 43.2 Å². The first-order valence-corrected chi connectivity index (χ1v) is 9.53. The number of carbonyl (C=O) groups is 1. The Morgan fingerprint density at radius 2 is 2.28 bits per heavy atom. The van der Waals surface area contributed by atoms with E-state index in [4.69, 9.17) is 20.2 Å². The number of rotatable bonds is 5. The van der Waals surface area contributed by atoms with Gasteiger partial charge in [0.15, 0.2) is 0 Å². The highest BCUT2D eigenvalue weighted by Gasteiger charge is 2.28. The van der Waals surface area contributed by atoms with Crippen molar-refractivity contribution >= 4 is 16.9 Å². The number of pyridine rings is 2. The Hall–Kier alpha value is -2.97. The van der Waals surface area contributed by atoms with Gasteiger partial charge in [-0.3, -0.25) is 4.79 Å². The van der Waals surface area contributed by atoms with E-state index in [0.29, 0.717) is 36.5 Å². The van der Waals surface area contributed by atoms with Crippen molar-refractivity contribution in [3.8, 4) is 5.88 Å². The normalized spacial score (nSPS) is 19.4. The number of nitrogens with two attached hydrogens (primary N) is 1. The van der Waals surface area contributed by atoms with Crippen LogP contribution >= 0.6 is 0 Å². The van der Waals surface area contributed by atoms with E-state index in [0.717, 1.165) is 22.3 Å². The first-order chi connectivity index (χ1) is 14.0. The summed E-state index contributed by atoms with van der Waals surface area (Å²) in [7, 11) is 1.57. The van der Waals surface area contributed by atoms with E-state index in [1.165, 1.54) is 0 Å². The molecule has 8 nitrogen and oxygen atoms in total. The van der Waals surface area contributed by atoms with Gasteiger partial charge in [-0.05, 0) is 36.6 Å². The highest BCUT2D eigenvalue weighted by molar-refractivity contribution is 6.05. The molecule has 0 aliphatic carbocycles. The van der Waals surface area contributed by atoms with Crippen molar-refractivity contribution in [3.63, 3.8) is 0 Å². The SMILES string of the molecule is COc1cc(Cn2cc(C(N)=O)c3nc(C4CCOCC4O)cc(C)c32)ccn1. The van der Waals surface area contributed by atoms with Crippen molar-refractivity contribution in [2.75, 3.05) is 20.3 Å². The van der Waals surface area contributed by atoms with E-state index in [-0.39, 0.29) is 12.5 Å². The summed E-state index contributed by atoms with van der Waals surface area (Å²) < 4.78 is 12.5. The second-order valence-corrected chi connectivity index (χ2v) is 7.34. The first kappa shape index (κ1) is 19.4. The smallest absolute Gasteiger partial charge is 0.252 e. The third kappa shape index (κ3) is 3.68. The van der Waals surface area contributed by atoms with Crippen LogP contribution in [-0.4, -0.2) is 52.0 Å². The number of nitrogens with zero attached hydrogens (tertiary/aromatic N) is 3. The number of aryl methyl sites for hydroxylation is 1. The highest BCUT2D eigenvalue weighted by Crippen LogP contribution is 2.31. The number of hydrogen-bond acceptors (Lipinski definition) is 6. The molecule has 3 aromatic rings. The van der Waals surface area contributed by atoms with Crippen molar-refractivity contribution in [3.05, 3.63) is 53.0 Å². The van der Waals surface area contributed by atoms with Crippen LogP contribution in [0.3, 0.4) is 0 Å². The zero-order valence-electron chi connectivity index (χ0n) is 16.5. The van der Waals surface area contributed by atoms with Crippen LogP contribution in [0.2, 0.25) is 0 Å². The molecule has 8 heteroatoms. The Morgan fingerprint density at radius 3 is 3.00 bits per heavy atom. The molecule has 1 amide bonds. The number of aliphatic hydroxyl groups is 1. The fourth-order valence-corrected chi connectivity index (χ4v) is 3.94. The van der Waals surface area contributed by atoms with E-state index in [1.54, 1.807) is 19.5 Å². The maximum absolute atomic E-state index is 12.1. The maximum Gasteiger partial charge on any atom is 0.252 e. The van der Waals surface area contributed by atoms with Gasteiger partial charge in [-0.25, -0.2) is 9.97 Å². The zero-order valence-corrected chi connectivity index (χ0v) is 16.5. The Labute approximate surface area is 168 Å². The summed E-state index contributed by atoms with van der Waals surface area (Å²) in [5.41, 5.74) is 10.1. The van der Waals surface area contributed by atoms with Crippen LogP contribution in [0.4, 0.5) is 0 Å². The molecule has 1 aliphatic heterocycles. The first-order valence-electron chi connectivity index (χ1n) is 9.53. The lowest BCUT2D eigenvalue weighted by Crippen LogP contribution is -2.31. The third-order valence-corrected chi connectivity index (χ3v) is 5.36. The average molecular weight is 396 g/mol. The minimum absolute atomic E-state index is 0.125. The molecule has 1 saturated heterocycles. The third-order valence-electron chi connectivity index (χ3n) is 5.36. The standard InChI is InChI=1S/C21H24N4O4/c1-12-7-16(14-4-6-29-11-17(14)26)24-19-15(21(22)27)10-25(20(12)19)9-13-3-5-23-18(8-13)28-2/h3,5,7-8,10,14,17,26H,4,6,9,11H2,1-2H3,(H2,22,27). The van der Waals surface area contributed by atoms with Gasteiger partial charge >= 0.3 is 0 Å². The summed E-state index contributed by atoms with van der Waals surface area (Å²) in [5.74, 6) is -0.127. The number of fused-ring (bicyclic) bond motifs is 1. The highest BCUT2D eigenvalue weighted by atomic mass is 16.5. The van der Waals surface area contributed by atoms with Gasteiger partial charge in [0.2, 0.25) is 5.88 Å². The maximum atomic E-state index is 12.1. The molecule has 152 valence electrons. The van der Waals surface area contributed by atoms with Gasteiger partial charge in [0.25, 0.3) is 5.91 Å². The molecule has 0 spiro atoms. The molecule has 29 heavy (non-hydrogen) atoms. The molecule has 3 N–H and O–H groups in total. The van der Waals surface area contributed by atoms with Crippen molar-refractivity contribution in [2.45, 2.75) is 31.9 Å². The molecular formula is C21H24N4O4. The molecular weight excluding hydrogens is 372 g/mol. The molecule has 0 bridgehead atoms. The van der Waals surface area contributed by atoms with Crippen LogP contribution in [-0.2, 0) is 11.3 Å². The summed E-state index contributed by atoms with van der Waals surface area (Å²) >= 11 is 0. The van der Waals surface area contributed by atoms with Crippen molar-refractivity contribution < 1.29 is 19.4 Å². The van der Waals surface area contributed by atoms with Crippen LogP contribution in [0, 0.1) is 6.92 Å². The summed E-state index contributed by atoms with van der Waals surface area (Å²) in [4.78, 5) is 21.0. The molecule has 1 fully saturated rings. The number of carbonyl (C=O) groups excluding carboxylic acids is 1. The van der Waals surface area contributed by atoms with E-state index < -0.39 is 12.0 Å². The van der Waals surface area contributed by atoms with Gasteiger partial charge < -0.3 is 24.9 Å².